The van der Waals surface area contributed by atoms with Gasteiger partial charge in [-0.05, 0) is 37.1 Å². The van der Waals surface area contributed by atoms with Gasteiger partial charge < -0.3 is 5.73 Å². The number of thioether (sulfide) groups is 1. The summed E-state index contributed by atoms with van der Waals surface area (Å²) < 4.78 is 23.2. The third kappa shape index (κ3) is 6.22. The number of hydrogen-bond donors (Lipinski definition) is 1. The highest BCUT2D eigenvalue weighted by atomic mass is 79.9. The van der Waals surface area contributed by atoms with Gasteiger partial charge in [0.05, 0.1) is 5.75 Å². The Kier molecular flexibility index (Phi) is 6.17. The van der Waals surface area contributed by atoms with Gasteiger partial charge in [-0.25, -0.2) is 8.42 Å². The number of benzene rings is 1. The molecule has 0 heterocycles. The molecule has 6 heteroatoms. The summed E-state index contributed by atoms with van der Waals surface area (Å²) >= 11 is 5.01. The van der Waals surface area contributed by atoms with E-state index in [1.165, 1.54) is 6.26 Å². The second kappa shape index (κ2) is 6.93. The van der Waals surface area contributed by atoms with Crippen molar-refractivity contribution in [2.24, 2.45) is 5.73 Å². The monoisotopic (exact) mass is 351 g/mol. The Morgan fingerprint density at radius 1 is 1.44 bits per heavy atom. The molecule has 0 radical (unpaired) electrons. The molecule has 0 aliphatic rings. The summed E-state index contributed by atoms with van der Waals surface area (Å²) in [6.45, 7) is 1.96. The summed E-state index contributed by atoms with van der Waals surface area (Å²) in [4.78, 5) is 1.11. The van der Waals surface area contributed by atoms with E-state index in [1.54, 1.807) is 11.8 Å². The Morgan fingerprint density at radius 3 is 2.67 bits per heavy atom. The topological polar surface area (TPSA) is 60.2 Å². The van der Waals surface area contributed by atoms with Gasteiger partial charge in [-0.15, -0.1) is 11.8 Å². The van der Waals surface area contributed by atoms with Crippen molar-refractivity contribution in [3.8, 4) is 0 Å². The Hall–Kier alpha value is -0.0400. The lowest BCUT2D eigenvalue weighted by Crippen LogP contribution is -2.18. The molecular weight excluding hydrogens is 334 g/mol. The molecule has 1 atom stereocenters. The van der Waals surface area contributed by atoms with E-state index < -0.39 is 9.84 Å². The normalized spacial score (nSPS) is 13.6. The van der Waals surface area contributed by atoms with E-state index in [-0.39, 0.29) is 11.8 Å². The number of halogens is 1. The standard InChI is InChI=1S/C12H18BrNO2S2/c1-9(14)7-10-8-11(13)3-4-12(10)17-5-6-18(2,15)16/h3-4,8-9H,5-7,14H2,1-2H3. The van der Waals surface area contributed by atoms with Gasteiger partial charge in [0.25, 0.3) is 0 Å². The summed E-state index contributed by atoms with van der Waals surface area (Å²) in [5, 5.41) is 0. The maximum atomic E-state index is 11.1. The third-order valence-electron chi connectivity index (χ3n) is 2.28. The molecule has 0 fully saturated rings. The lowest BCUT2D eigenvalue weighted by Gasteiger charge is -2.11. The van der Waals surface area contributed by atoms with E-state index in [0.29, 0.717) is 5.75 Å². The molecule has 0 aromatic heterocycles. The highest BCUT2D eigenvalue weighted by Crippen LogP contribution is 2.27. The molecule has 0 amide bonds. The van der Waals surface area contributed by atoms with Crippen LogP contribution >= 0.6 is 27.7 Å². The lowest BCUT2D eigenvalue weighted by atomic mass is 10.1. The molecule has 1 aromatic carbocycles. The van der Waals surface area contributed by atoms with Crippen LogP contribution in [0, 0.1) is 0 Å². The van der Waals surface area contributed by atoms with E-state index >= 15 is 0 Å². The molecule has 0 saturated heterocycles. The molecule has 1 unspecified atom stereocenters. The summed E-state index contributed by atoms with van der Waals surface area (Å²) in [6.07, 6.45) is 2.05. The minimum absolute atomic E-state index is 0.0913. The Balaban J connectivity index is 2.75. The molecule has 0 aliphatic heterocycles. The molecule has 3 nitrogen and oxygen atoms in total. The summed E-state index contributed by atoms with van der Waals surface area (Å²) in [5.74, 6) is 0.776. The van der Waals surface area contributed by atoms with Gasteiger partial charge in [-0.3, -0.25) is 0 Å². The minimum atomic E-state index is -2.89. The van der Waals surface area contributed by atoms with Crippen molar-refractivity contribution in [3.05, 3.63) is 28.2 Å². The molecule has 0 aliphatic carbocycles. The van der Waals surface area contributed by atoms with Crippen LogP contribution in [-0.2, 0) is 16.3 Å². The molecule has 1 aromatic rings. The maximum Gasteiger partial charge on any atom is 0.148 e. The molecule has 0 bridgehead atoms. The first kappa shape index (κ1) is 16.0. The molecular formula is C12H18BrNO2S2. The van der Waals surface area contributed by atoms with Crippen LogP contribution in [0.3, 0.4) is 0 Å². The number of sulfone groups is 1. The molecule has 0 saturated carbocycles. The van der Waals surface area contributed by atoms with Crippen LogP contribution in [-0.4, -0.2) is 32.2 Å². The van der Waals surface area contributed by atoms with E-state index in [1.807, 2.05) is 25.1 Å². The van der Waals surface area contributed by atoms with Crippen LogP contribution in [0.1, 0.15) is 12.5 Å². The van der Waals surface area contributed by atoms with Crippen molar-refractivity contribution in [1.29, 1.82) is 0 Å². The minimum Gasteiger partial charge on any atom is -0.328 e. The summed E-state index contributed by atoms with van der Waals surface area (Å²) in [5.41, 5.74) is 6.99. The summed E-state index contributed by atoms with van der Waals surface area (Å²) in [6, 6.07) is 6.11. The average Bonchev–Trinajstić information content (AvgIpc) is 2.18. The average molecular weight is 352 g/mol. The Bertz CT molecular complexity index is 501. The fraction of sp³-hybridized carbons (Fsp3) is 0.500. The van der Waals surface area contributed by atoms with Gasteiger partial charge in [-0.1, -0.05) is 15.9 Å². The fourth-order valence-electron chi connectivity index (χ4n) is 1.50. The van der Waals surface area contributed by atoms with E-state index in [2.05, 4.69) is 15.9 Å². The van der Waals surface area contributed by atoms with Gasteiger partial charge in [0.15, 0.2) is 0 Å². The molecule has 0 spiro atoms. The number of hydrogen-bond acceptors (Lipinski definition) is 4. The van der Waals surface area contributed by atoms with Crippen molar-refractivity contribution >= 4 is 37.5 Å². The van der Waals surface area contributed by atoms with Crippen molar-refractivity contribution in [2.45, 2.75) is 24.3 Å². The van der Waals surface area contributed by atoms with Crippen molar-refractivity contribution in [1.82, 2.24) is 0 Å². The first-order valence-corrected chi connectivity index (χ1v) is 9.46. The maximum absolute atomic E-state index is 11.1. The van der Waals surface area contributed by atoms with Crippen molar-refractivity contribution in [3.63, 3.8) is 0 Å². The second-order valence-electron chi connectivity index (χ2n) is 4.41. The third-order valence-corrected chi connectivity index (χ3v) is 5.09. The van der Waals surface area contributed by atoms with Crippen LogP contribution in [0.15, 0.2) is 27.6 Å². The zero-order valence-corrected chi connectivity index (χ0v) is 13.7. The second-order valence-corrected chi connectivity index (χ2v) is 8.72. The van der Waals surface area contributed by atoms with Gasteiger partial charge in [0.1, 0.15) is 9.84 Å². The highest BCUT2D eigenvalue weighted by molar-refractivity contribution is 9.10. The summed E-state index contributed by atoms with van der Waals surface area (Å²) in [7, 11) is -2.89. The highest BCUT2D eigenvalue weighted by Gasteiger charge is 2.08. The van der Waals surface area contributed by atoms with Crippen LogP contribution in [0.4, 0.5) is 0 Å². The van der Waals surface area contributed by atoms with Crippen LogP contribution in [0.25, 0.3) is 0 Å². The zero-order valence-electron chi connectivity index (χ0n) is 10.5. The Morgan fingerprint density at radius 2 is 2.11 bits per heavy atom. The van der Waals surface area contributed by atoms with Gasteiger partial charge >= 0.3 is 0 Å². The van der Waals surface area contributed by atoms with Gasteiger partial charge in [0, 0.05) is 27.4 Å². The van der Waals surface area contributed by atoms with E-state index in [0.717, 1.165) is 21.4 Å². The molecule has 102 valence electrons. The smallest absolute Gasteiger partial charge is 0.148 e. The van der Waals surface area contributed by atoms with Crippen LogP contribution in [0.5, 0.6) is 0 Å². The lowest BCUT2D eigenvalue weighted by molar-refractivity contribution is 0.603. The molecule has 1 rings (SSSR count). The van der Waals surface area contributed by atoms with E-state index in [4.69, 9.17) is 5.73 Å². The zero-order chi connectivity index (χ0) is 13.8. The largest absolute Gasteiger partial charge is 0.328 e. The van der Waals surface area contributed by atoms with Gasteiger partial charge in [-0.2, -0.15) is 0 Å². The van der Waals surface area contributed by atoms with E-state index in [9.17, 15) is 8.42 Å². The number of rotatable bonds is 6. The predicted molar refractivity (Wildman–Crippen MR) is 81.9 cm³/mol. The van der Waals surface area contributed by atoms with Crippen LogP contribution in [0.2, 0.25) is 0 Å². The fourth-order valence-corrected chi connectivity index (χ4v) is 4.16. The van der Waals surface area contributed by atoms with Crippen LogP contribution < -0.4 is 5.73 Å². The predicted octanol–water partition coefficient (Wildman–Crippen LogP) is 2.48. The Labute approximate surface area is 122 Å². The number of nitrogens with two attached hydrogens (primary N) is 1. The van der Waals surface area contributed by atoms with Crippen molar-refractivity contribution in [2.75, 3.05) is 17.8 Å². The molecule has 2 N–H and O–H groups in total. The van der Waals surface area contributed by atoms with Gasteiger partial charge in [0.2, 0.25) is 0 Å². The SMILES string of the molecule is CC(N)Cc1cc(Br)ccc1SCCS(C)(=O)=O. The molecule has 18 heavy (non-hydrogen) atoms. The first-order chi connectivity index (χ1) is 8.28. The first-order valence-electron chi connectivity index (χ1n) is 5.62. The quantitative estimate of drug-likeness (QED) is 0.799. The van der Waals surface area contributed by atoms with Crippen molar-refractivity contribution < 1.29 is 8.42 Å².